The normalized spacial score (nSPS) is 24.4. The zero-order valence-electron chi connectivity index (χ0n) is 11.6. The molecule has 2 aliphatic rings. The summed E-state index contributed by atoms with van der Waals surface area (Å²) in [5, 5.41) is 6.65. The first-order valence-electron chi connectivity index (χ1n) is 7.01. The largest absolute Gasteiger partial charge is 0.325 e. The number of nitrogens with one attached hydrogen (secondary N) is 2. The van der Waals surface area contributed by atoms with E-state index in [1.54, 1.807) is 6.92 Å². The van der Waals surface area contributed by atoms with E-state index in [1.807, 2.05) is 0 Å². The van der Waals surface area contributed by atoms with Gasteiger partial charge in [0.15, 0.2) is 0 Å². The highest BCUT2D eigenvalue weighted by molar-refractivity contribution is 7.89. The molecule has 4 N–H and O–H groups in total. The first-order chi connectivity index (χ1) is 9.51. The van der Waals surface area contributed by atoms with E-state index in [0.717, 1.165) is 19.5 Å². The average molecular weight is 299 g/mol. The number of aryl methyl sites for hydroxylation is 1. The summed E-state index contributed by atoms with van der Waals surface area (Å²) in [5.41, 5.74) is 6.49. The van der Waals surface area contributed by atoms with Gasteiger partial charge >= 0.3 is 0 Å². The van der Waals surface area contributed by atoms with Crippen molar-refractivity contribution in [2.45, 2.75) is 49.7 Å². The molecule has 1 unspecified atom stereocenters. The molecular formula is C12H21N5O2S. The van der Waals surface area contributed by atoms with Crippen molar-refractivity contribution < 1.29 is 8.42 Å². The van der Waals surface area contributed by atoms with Crippen LogP contribution >= 0.6 is 0 Å². The van der Waals surface area contributed by atoms with Gasteiger partial charge in [0.1, 0.15) is 4.90 Å². The highest BCUT2D eigenvalue weighted by Crippen LogP contribution is 2.30. The fourth-order valence-electron chi connectivity index (χ4n) is 2.90. The van der Waals surface area contributed by atoms with Crippen LogP contribution in [-0.2, 0) is 16.6 Å². The van der Waals surface area contributed by atoms with Gasteiger partial charge in [-0.1, -0.05) is 0 Å². The molecule has 0 radical (unpaired) electrons. The van der Waals surface area contributed by atoms with Gasteiger partial charge < -0.3 is 5.73 Å². The SMILES string of the molecule is Cc1[nH]nc(CN)c1S(=O)(=O)NC1CCN(C2CC2)C1. The van der Waals surface area contributed by atoms with Gasteiger partial charge in [-0.3, -0.25) is 10.00 Å². The molecule has 1 aliphatic heterocycles. The third-order valence-electron chi connectivity index (χ3n) is 4.03. The zero-order chi connectivity index (χ0) is 14.3. The van der Waals surface area contributed by atoms with Crippen molar-refractivity contribution in [2.24, 2.45) is 5.73 Å². The van der Waals surface area contributed by atoms with Crippen LogP contribution in [0, 0.1) is 6.92 Å². The predicted molar refractivity (Wildman–Crippen MR) is 74.5 cm³/mol. The van der Waals surface area contributed by atoms with Crippen LogP contribution < -0.4 is 10.5 Å². The van der Waals surface area contributed by atoms with Crippen LogP contribution in [-0.4, -0.2) is 48.7 Å². The Kier molecular flexibility index (Phi) is 3.57. The van der Waals surface area contributed by atoms with E-state index in [2.05, 4.69) is 19.8 Å². The summed E-state index contributed by atoms with van der Waals surface area (Å²) in [6.07, 6.45) is 3.36. The number of aromatic amines is 1. The summed E-state index contributed by atoms with van der Waals surface area (Å²) >= 11 is 0. The average Bonchev–Trinajstić information content (AvgIpc) is 3.02. The highest BCUT2D eigenvalue weighted by atomic mass is 32.2. The van der Waals surface area contributed by atoms with Gasteiger partial charge in [-0.15, -0.1) is 0 Å². The molecular weight excluding hydrogens is 278 g/mol. The Morgan fingerprint density at radius 2 is 2.20 bits per heavy atom. The number of nitrogens with zero attached hydrogens (tertiary/aromatic N) is 2. The Morgan fingerprint density at radius 3 is 2.85 bits per heavy atom. The quantitative estimate of drug-likeness (QED) is 0.692. The Bertz CT molecular complexity index is 593. The number of aromatic nitrogens is 2. The number of hydrogen-bond donors (Lipinski definition) is 3. The lowest BCUT2D eigenvalue weighted by atomic mass is 10.3. The molecule has 2 fully saturated rings. The van der Waals surface area contributed by atoms with E-state index >= 15 is 0 Å². The molecule has 20 heavy (non-hydrogen) atoms. The van der Waals surface area contributed by atoms with E-state index in [1.165, 1.54) is 12.8 Å². The predicted octanol–water partition coefficient (Wildman–Crippen LogP) is -0.308. The molecule has 7 nitrogen and oxygen atoms in total. The third kappa shape index (κ3) is 2.60. The molecule has 1 atom stereocenters. The maximum Gasteiger partial charge on any atom is 0.244 e. The van der Waals surface area contributed by atoms with Crippen LogP contribution in [0.2, 0.25) is 0 Å². The molecule has 0 amide bonds. The summed E-state index contributed by atoms with van der Waals surface area (Å²) in [7, 11) is -3.55. The minimum atomic E-state index is -3.55. The fraction of sp³-hybridized carbons (Fsp3) is 0.750. The number of rotatable bonds is 5. The number of nitrogens with two attached hydrogens (primary N) is 1. The lowest BCUT2D eigenvalue weighted by Gasteiger charge is -2.16. The molecule has 1 aromatic rings. The lowest BCUT2D eigenvalue weighted by Crippen LogP contribution is -2.38. The molecule has 1 aromatic heterocycles. The van der Waals surface area contributed by atoms with Crippen molar-refractivity contribution in [3.05, 3.63) is 11.4 Å². The van der Waals surface area contributed by atoms with Crippen LogP contribution in [0.4, 0.5) is 0 Å². The Morgan fingerprint density at radius 1 is 1.45 bits per heavy atom. The number of hydrogen-bond acceptors (Lipinski definition) is 5. The molecule has 2 heterocycles. The highest BCUT2D eigenvalue weighted by Gasteiger charge is 2.36. The molecule has 1 saturated heterocycles. The number of sulfonamides is 1. The van der Waals surface area contributed by atoms with Gasteiger partial charge in [-0.05, 0) is 26.2 Å². The first kappa shape index (κ1) is 14.0. The first-order valence-corrected chi connectivity index (χ1v) is 8.50. The molecule has 1 aliphatic carbocycles. The monoisotopic (exact) mass is 299 g/mol. The summed E-state index contributed by atoms with van der Waals surface area (Å²) in [6.45, 7) is 3.59. The van der Waals surface area contributed by atoms with Gasteiger partial charge in [0, 0.05) is 31.7 Å². The van der Waals surface area contributed by atoms with E-state index in [9.17, 15) is 8.42 Å². The van der Waals surface area contributed by atoms with Crippen molar-refractivity contribution in [1.82, 2.24) is 19.8 Å². The maximum absolute atomic E-state index is 12.5. The molecule has 8 heteroatoms. The summed E-state index contributed by atoms with van der Waals surface area (Å²) in [5.74, 6) is 0. The molecule has 0 spiro atoms. The smallest absolute Gasteiger partial charge is 0.244 e. The Balaban J connectivity index is 1.74. The van der Waals surface area contributed by atoms with Gasteiger partial charge in [-0.25, -0.2) is 13.1 Å². The number of H-pyrrole nitrogens is 1. The molecule has 112 valence electrons. The van der Waals surface area contributed by atoms with E-state index in [4.69, 9.17) is 5.73 Å². The molecule has 0 bridgehead atoms. The van der Waals surface area contributed by atoms with Crippen molar-refractivity contribution in [3.8, 4) is 0 Å². The third-order valence-corrected chi connectivity index (χ3v) is 5.75. The minimum Gasteiger partial charge on any atom is -0.325 e. The zero-order valence-corrected chi connectivity index (χ0v) is 12.4. The standard InChI is InChI=1S/C12H21N5O2S/c1-8-12(11(6-13)15-14-8)20(18,19)16-9-4-5-17(7-9)10-2-3-10/h9-10,16H,2-7,13H2,1H3,(H,14,15). The van der Waals surface area contributed by atoms with Gasteiger partial charge in [0.25, 0.3) is 0 Å². The van der Waals surface area contributed by atoms with Crippen molar-refractivity contribution in [2.75, 3.05) is 13.1 Å². The fourth-order valence-corrected chi connectivity index (χ4v) is 4.53. The second kappa shape index (κ2) is 5.10. The molecule has 1 saturated carbocycles. The molecule has 0 aromatic carbocycles. The van der Waals surface area contributed by atoms with Crippen LogP contribution in [0.1, 0.15) is 30.7 Å². The van der Waals surface area contributed by atoms with E-state index in [-0.39, 0.29) is 17.5 Å². The Hall–Kier alpha value is -0.960. The van der Waals surface area contributed by atoms with Crippen molar-refractivity contribution in [3.63, 3.8) is 0 Å². The van der Waals surface area contributed by atoms with E-state index in [0.29, 0.717) is 17.4 Å². The number of likely N-dealkylation sites (tertiary alicyclic amines) is 1. The van der Waals surface area contributed by atoms with Crippen LogP contribution in [0.25, 0.3) is 0 Å². The second-order valence-electron chi connectivity index (χ2n) is 5.66. The second-order valence-corrected chi connectivity index (χ2v) is 7.31. The van der Waals surface area contributed by atoms with Gasteiger partial charge in [-0.2, -0.15) is 5.10 Å². The van der Waals surface area contributed by atoms with Crippen molar-refractivity contribution >= 4 is 10.0 Å². The van der Waals surface area contributed by atoms with Gasteiger partial charge in [0.05, 0.1) is 11.4 Å². The van der Waals surface area contributed by atoms with Gasteiger partial charge in [0.2, 0.25) is 10.0 Å². The van der Waals surface area contributed by atoms with Crippen LogP contribution in [0.15, 0.2) is 4.90 Å². The van der Waals surface area contributed by atoms with Crippen molar-refractivity contribution in [1.29, 1.82) is 0 Å². The summed E-state index contributed by atoms with van der Waals surface area (Å²) in [6, 6.07) is 0.667. The van der Waals surface area contributed by atoms with Crippen LogP contribution in [0.3, 0.4) is 0 Å². The minimum absolute atomic E-state index is 0.0134. The summed E-state index contributed by atoms with van der Waals surface area (Å²) < 4.78 is 27.8. The van der Waals surface area contributed by atoms with Crippen LogP contribution in [0.5, 0.6) is 0 Å². The summed E-state index contributed by atoms with van der Waals surface area (Å²) in [4.78, 5) is 2.59. The molecule has 3 rings (SSSR count). The lowest BCUT2D eigenvalue weighted by molar-refractivity contribution is 0.322. The maximum atomic E-state index is 12.5. The Labute approximate surface area is 119 Å². The van der Waals surface area contributed by atoms with E-state index < -0.39 is 10.0 Å². The topological polar surface area (TPSA) is 104 Å².